The molecule has 166 valence electrons. The van der Waals surface area contributed by atoms with Gasteiger partial charge in [0, 0.05) is 6.07 Å². The number of hydrogen-bond donors (Lipinski definition) is 1. The van der Waals surface area contributed by atoms with Crippen LogP contribution in [0.4, 0.5) is 17.1 Å². The summed E-state index contributed by atoms with van der Waals surface area (Å²) in [5, 5.41) is 14.1. The van der Waals surface area contributed by atoms with Crippen molar-refractivity contribution in [3.63, 3.8) is 0 Å². The van der Waals surface area contributed by atoms with Crippen LogP contribution in [0.3, 0.4) is 0 Å². The summed E-state index contributed by atoms with van der Waals surface area (Å²) in [6, 6.07) is 19.7. The molecule has 0 heterocycles. The van der Waals surface area contributed by atoms with E-state index in [0.29, 0.717) is 18.0 Å². The minimum absolute atomic E-state index is 0.193. The van der Waals surface area contributed by atoms with Crippen molar-refractivity contribution >= 4 is 33.0 Å². The average Bonchev–Trinajstić information content (AvgIpc) is 2.79. The van der Waals surface area contributed by atoms with Crippen LogP contribution in [0.5, 0.6) is 5.75 Å². The van der Waals surface area contributed by atoms with Crippen molar-refractivity contribution in [2.75, 3.05) is 22.8 Å². The molecule has 3 aromatic carbocycles. The molecule has 0 radical (unpaired) electrons. The molecule has 9 nitrogen and oxygen atoms in total. The minimum atomic E-state index is -4.44. The van der Waals surface area contributed by atoms with E-state index in [2.05, 4.69) is 5.32 Å². The number of nitro benzene ring substituents is 1. The fourth-order valence-corrected chi connectivity index (χ4v) is 4.61. The van der Waals surface area contributed by atoms with Gasteiger partial charge in [-0.25, -0.2) is 8.42 Å². The van der Waals surface area contributed by atoms with Gasteiger partial charge in [-0.05, 0) is 37.3 Å². The molecule has 0 aliphatic rings. The van der Waals surface area contributed by atoms with Crippen LogP contribution in [0.15, 0.2) is 83.8 Å². The highest BCUT2D eigenvalue weighted by atomic mass is 32.2. The van der Waals surface area contributed by atoms with Gasteiger partial charge in [0.2, 0.25) is 5.91 Å². The van der Waals surface area contributed by atoms with Crippen LogP contribution < -0.4 is 14.4 Å². The number of ether oxygens (including phenoxy) is 1. The lowest BCUT2D eigenvalue weighted by Gasteiger charge is -2.24. The maximum absolute atomic E-state index is 13.4. The third kappa shape index (κ3) is 5.03. The molecule has 0 unspecified atom stereocenters. The molecule has 0 spiro atoms. The normalized spacial score (nSPS) is 10.9. The summed E-state index contributed by atoms with van der Waals surface area (Å²) in [5.41, 5.74) is 0.00452. The molecule has 0 bridgehead atoms. The van der Waals surface area contributed by atoms with Crippen LogP contribution in [-0.2, 0) is 14.8 Å². The van der Waals surface area contributed by atoms with E-state index in [9.17, 15) is 23.3 Å². The Labute approximate surface area is 185 Å². The Balaban J connectivity index is 1.98. The van der Waals surface area contributed by atoms with Crippen molar-refractivity contribution in [1.29, 1.82) is 0 Å². The van der Waals surface area contributed by atoms with Gasteiger partial charge in [0.25, 0.3) is 15.7 Å². The number of amides is 1. The highest BCUT2D eigenvalue weighted by Crippen LogP contribution is 2.30. The van der Waals surface area contributed by atoms with Crippen molar-refractivity contribution < 1.29 is 22.9 Å². The molecule has 1 amide bonds. The Bertz CT molecular complexity index is 1220. The van der Waals surface area contributed by atoms with E-state index in [1.807, 2.05) is 0 Å². The fraction of sp³-hybridized carbons (Fsp3) is 0.136. The quantitative estimate of drug-likeness (QED) is 0.387. The third-order valence-electron chi connectivity index (χ3n) is 4.42. The number of para-hydroxylation sites is 4. The van der Waals surface area contributed by atoms with Crippen LogP contribution in [0.25, 0.3) is 0 Å². The summed E-state index contributed by atoms with van der Waals surface area (Å²) in [6.45, 7) is 1.59. The van der Waals surface area contributed by atoms with Crippen molar-refractivity contribution in [3.05, 3.63) is 89.0 Å². The monoisotopic (exact) mass is 455 g/mol. The summed E-state index contributed by atoms with van der Waals surface area (Å²) in [6.07, 6.45) is 0. The highest BCUT2D eigenvalue weighted by Gasteiger charge is 2.33. The van der Waals surface area contributed by atoms with Crippen LogP contribution in [0.2, 0.25) is 0 Å². The summed E-state index contributed by atoms with van der Waals surface area (Å²) >= 11 is 0. The molecule has 0 aliphatic carbocycles. The fourth-order valence-electron chi connectivity index (χ4n) is 3.03. The van der Waals surface area contributed by atoms with E-state index < -0.39 is 38.0 Å². The zero-order valence-corrected chi connectivity index (χ0v) is 18.0. The second-order valence-corrected chi connectivity index (χ2v) is 8.38. The topological polar surface area (TPSA) is 119 Å². The first-order valence-corrected chi connectivity index (χ1v) is 11.1. The molecule has 10 heteroatoms. The molecular weight excluding hydrogens is 434 g/mol. The number of nitrogens with zero attached hydrogens (tertiary/aromatic N) is 2. The number of rotatable bonds is 9. The van der Waals surface area contributed by atoms with Gasteiger partial charge in [0.05, 0.1) is 22.9 Å². The smallest absolute Gasteiger partial charge is 0.289 e. The molecule has 0 fully saturated rings. The van der Waals surface area contributed by atoms with Crippen LogP contribution in [-0.4, -0.2) is 32.4 Å². The van der Waals surface area contributed by atoms with E-state index in [1.54, 1.807) is 49.4 Å². The average molecular weight is 455 g/mol. The molecule has 0 atom stereocenters. The number of sulfonamides is 1. The van der Waals surface area contributed by atoms with E-state index in [4.69, 9.17) is 4.74 Å². The highest BCUT2D eigenvalue weighted by molar-refractivity contribution is 7.93. The number of nitro groups is 1. The van der Waals surface area contributed by atoms with Gasteiger partial charge in [-0.2, -0.15) is 0 Å². The van der Waals surface area contributed by atoms with E-state index in [-0.39, 0.29) is 5.69 Å². The maximum Gasteiger partial charge on any atom is 0.289 e. The minimum Gasteiger partial charge on any atom is -0.492 e. The van der Waals surface area contributed by atoms with Crippen molar-refractivity contribution in [2.45, 2.75) is 11.8 Å². The van der Waals surface area contributed by atoms with Gasteiger partial charge in [0.15, 0.2) is 4.90 Å². The molecule has 3 rings (SSSR count). The lowest BCUT2D eigenvalue weighted by molar-refractivity contribution is -0.387. The van der Waals surface area contributed by atoms with Gasteiger partial charge in [0.1, 0.15) is 12.3 Å². The largest absolute Gasteiger partial charge is 0.492 e. The number of carbonyl (C=O) groups excluding carboxylic acids is 1. The Kier molecular flexibility index (Phi) is 7.06. The molecule has 3 aromatic rings. The standard InChI is InChI=1S/C22H21N3O6S/c1-2-31-20-14-8-6-12-18(20)23-22(26)16-24(17-10-4-3-5-11-17)32(29,30)21-15-9-7-13-19(21)25(27)28/h3-15H,2,16H2,1H3,(H,23,26). The van der Waals surface area contributed by atoms with E-state index >= 15 is 0 Å². The number of hydrogen-bond acceptors (Lipinski definition) is 6. The van der Waals surface area contributed by atoms with Crippen molar-refractivity contribution in [1.82, 2.24) is 0 Å². The second-order valence-electron chi connectivity index (χ2n) is 6.55. The SMILES string of the molecule is CCOc1ccccc1NC(=O)CN(c1ccccc1)S(=O)(=O)c1ccccc1[N+](=O)[O-]. The van der Waals surface area contributed by atoms with E-state index in [1.165, 1.54) is 24.3 Å². The maximum atomic E-state index is 13.4. The van der Waals surface area contributed by atoms with Gasteiger partial charge in [-0.1, -0.05) is 42.5 Å². The van der Waals surface area contributed by atoms with Gasteiger partial charge in [-0.15, -0.1) is 0 Å². The van der Waals surface area contributed by atoms with Gasteiger partial charge in [-0.3, -0.25) is 19.2 Å². The summed E-state index contributed by atoms with van der Waals surface area (Å²) < 4.78 is 33.2. The van der Waals surface area contributed by atoms with Crippen molar-refractivity contribution in [2.24, 2.45) is 0 Å². The Hall–Kier alpha value is -3.92. The second kappa shape index (κ2) is 9.92. The lowest BCUT2D eigenvalue weighted by atomic mass is 10.3. The zero-order valence-electron chi connectivity index (χ0n) is 17.2. The summed E-state index contributed by atoms with van der Waals surface area (Å²) in [7, 11) is -4.44. The molecule has 0 saturated heterocycles. The Morgan fingerprint density at radius 3 is 2.31 bits per heavy atom. The van der Waals surface area contributed by atoms with Crippen LogP contribution in [0.1, 0.15) is 6.92 Å². The van der Waals surface area contributed by atoms with Crippen LogP contribution >= 0.6 is 0 Å². The molecule has 1 N–H and O–H groups in total. The summed E-state index contributed by atoms with van der Waals surface area (Å²) in [5.74, 6) is -0.195. The summed E-state index contributed by atoms with van der Waals surface area (Å²) in [4.78, 5) is 23.0. The van der Waals surface area contributed by atoms with Gasteiger partial charge < -0.3 is 10.1 Å². The first-order chi connectivity index (χ1) is 15.3. The third-order valence-corrected chi connectivity index (χ3v) is 6.24. The van der Waals surface area contributed by atoms with E-state index in [0.717, 1.165) is 16.4 Å². The van der Waals surface area contributed by atoms with Crippen LogP contribution in [0, 0.1) is 10.1 Å². The predicted octanol–water partition coefficient (Wildman–Crippen LogP) is 3.83. The van der Waals surface area contributed by atoms with Gasteiger partial charge >= 0.3 is 0 Å². The molecule has 32 heavy (non-hydrogen) atoms. The number of benzene rings is 3. The first-order valence-electron chi connectivity index (χ1n) is 9.67. The van der Waals surface area contributed by atoms with Crippen molar-refractivity contribution in [3.8, 4) is 5.75 Å². The number of anilines is 2. The Morgan fingerprint density at radius 2 is 1.62 bits per heavy atom. The predicted molar refractivity (Wildman–Crippen MR) is 120 cm³/mol. The lowest BCUT2D eigenvalue weighted by Crippen LogP contribution is -2.38. The number of nitrogens with one attached hydrogen (secondary N) is 1. The molecule has 0 aliphatic heterocycles. The molecule has 0 saturated carbocycles. The first kappa shape index (κ1) is 22.8. The zero-order chi connectivity index (χ0) is 23.1. The number of carbonyl (C=O) groups is 1. The Morgan fingerprint density at radius 1 is 1.00 bits per heavy atom. The molecule has 0 aromatic heterocycles. The molecular formula is C22H21N3O6S.